The second-order valence-corrected chi connectivity index (χ2v) is 10.4. The van der Waals surface area contributed by atoms with Gasteiger partial charge in [-0.25, -0.2) is 9.97 Å². The molecule has 2 aromatic carbocycles. The summed E-state index contributed by atoms with van der Waals surface area (Å²) < 4.78 is 4.18. The first-order valence-corrected chi connectivity index (χ1v) is 10.7. The van der Waals surface area contributed by atoms with Gasteiger partial charge in [-0.3, -0.25) is 0 Å². The molecule has 0 aliphatic heterocycles. The summed E-state index contributed by atoms with van der Waals surface area (Å²) in [5, 5.41) is 2.47. The maximum absolute atomic E-state index is 4.29. The molecule has 0 atom stereocenters. The summed E-state index contributed by atoms with van der Waals surface area (Å²) in [6.07, 6.45) is 11.4. The van der Waals surface area contributed by atoms with Gasteiger partial charge in [0, 0.05) is 35.6 Å². The zero-order valence-electron chi connectivity index (χ0n) is 19.1. The minimum absolute atomic E-state index is 0.0297. The minimum Gasteiger partial charge on any atom is -0.351 e. The molecule has 0 aliphatic rings. The Bertz CT molecular complexity index is 1270. The Morgan fingerprint density at radius 2 is 1.06 bits per heavy atom. The van der Waals surface area contributed by atoms with Crippen LogP contribution in [-0.2, 0) is 10.8 Å². The van der Waals surface area contributed by atoms with E-state index in [1.54, 1.807) is 0 Å². The molecule has 0 saturated heterocycles. The monoisotopic (exact) mass is 411 g/mol. The largest absolute Gasteiger partial charge is 0.351 e. The zero-order chi connectivity index (χ0) is 22.0. The van der Waals surface area contributed by atoms with Crippen LogP contribution in [0.2, 0.25) is 0 Å². The van der Waals surface area contributed by atoms with Crippen LogP contribution in [0.15, 0.2) is 61.7 Å². The first-order valence-electron chi connectivity index (χ1n) is 10.7. The Hall–Kier alpha value is -3.34. The predicted octanol–water partition coefficient (Wildman–Crippen LogP) is 6.29. The van der Waals surface area contributed by atoms with E-state index in [1.807, 2.05) is 37.4 Å². The normalized spacial score (nSPS) is 12.8. The van der Waals surface area contributed by atoms with Crippen molar-refractivity contribution in [3.63, 3.8) is 0 Å². The lowest BCUT2D eigenvalue weighted by Gasteiger charge is -2.21. The van der Waals surface area contributed by atoms with E-state index in [2.05, 4.69) is 89.9 Å². The van der Waals surface area contributed by atoms with Crippen LogP contribution < -0.4 is 0 Å². The van der Waals surface area contributed by atoms with Crippen LogP contribution >= 0.6 is 0 Å². The van der Waals surface area contributed by atoms with Crippen molar-refractivity contribution < 1.29 is 0 Å². The van der Waals surface area contributed by atoms with Gasteiger partial charge in [0.1, 0.15) is 0 Å². The summed E-state index contributed by atoms with van der Waals surface area (Å²) in [5.74, 6) is 0. The highest BCUT2D eigenvalue weighted by Gasteiger charge is 2.23. The predicted molar refractivity (Wildman–Crippen MR) is 127 cm³/mol. The Kier molecular flexibility index (Phi) is 4.16. The number of rotatable bonds is 2. The molecule has 0 bridgehead atoms. The highest BCUT2D eigenvalue weighted by atomic mass is 15.1. The van der Waals surface area contributed by atoms with Crippen molar-refractivity contribution in [1.29, 1.82) is 0 Å². The summed E-state index contributed by atoms with van der Waals surface area (Å²) in [7, 11) is 0. The Balaban J connectivity index is 1.95. The Morgan fingerprint density at radius 1 is 0.645 bits per heavy atom. The highest BCUT2D eigenvalue weighted by molar-refractivity contribution is 6.12. The topological polar surface area (TPSA) is 51.4 Å². The molecule has 3 heterocycles. The number of imidazole rings is 2. The SMILES string of the molecule is CC(C)(C)c1cc(-n2ccnc2)c2[nH]c3c(-n4ccnc4)cc(C(C)(C)C)cc3c2c1. The first kappa shape index (κ1) is 19.6. The van der Waals surface area contributed by atoms with E-state index in [-0.39, 0.29) is 10.8 Å². The molecular formula is C26H29N5. The van der Waals surface area contributed by atoms with Crippen LogP contribution in [0.4, 0.5) is 0 Å². The van der Waals surface area contributed by atoms with Crippen molar-refractivity contribution in [3.8, 4) is 11.4 Å². The zero-order valence-corrected chi connectivity index (χ0v) is 19.1. The van der Waals surface area contributed by atoms with Crippen molar-refractivity contribution in [2.24, 2.45) is 0 Å². The van der Waals surface area contributed by atoms with E-state index < -0.39 is 0 Å². The quantitative estimate of drug-likeness (QED) is 0.371. The second-order valence-electron chi connectivity index (χ2n) is 10.4. The van der Waals surface area contributed by atoms with Crippen LogP contribution in [-0.4, -0.2) is 24.1 Å². The van der Waals surface area contributed by atoms with E-state index in [0.29, 0.717) is 0 Å². The van der Waals surface area contributed by atoms with E-state index >= 15 is 0 Å². The van der Waals surface area contributed by atoms with Gasteiger partial charge >= 0.3 is 0 Å². The molecule has 0 fully saturated rings. The fourth-order valence-corrected chi connectivity index (χ4v) is 4.14. The van der Waals surface area contributed by atoms with Gasteiger partial charge in [0.05, 0.1) is 35.1 Å². The molecule has 5 heteroatoms. The van der Waals surface area contributed by atoms with Crippen molar-refractivity contribution in [2.75, 3.05) is 0 Å². The molecule has 31 heavy (non-hydrogen) atoms. The number of nitrogens with one attached hydrogen (secondary N) is 1. The van der Waals surface area contributed by atoms with Crippen molar-refractivity contribution >= 4 is 21.8 Å². The molecule has 0 unspecified atom stereocenters. The Morgan fingerprint density at radius 3 is 1.39 bits per heavy atom. The van der Waals surface area contributed by atoms with Crippen LogP contribution in [0.5, 0.6) is 0 Å². The molecule has 1 N–H and O–H groups in total. The van der Waals surface area contributed by atoms with E-state index in [9.17, 15) is 0 Å². The number of aromatic nitrogens is 5. The van der Waals surface area contributed by atoms with Crippen LogP contribution in [0.1, 0.15) is 52.7 Å². The average Bonchev–Trinajstić information content (AvgIpc) is 3.44. The third-order valence-electron chi connectivity index (χ3n) is 6.07. The van der Waals surface area contributed by atoms with E-state index in [0.717, 1.165) is 22.4 Å². The minimum atomic E-state index is 0.0297. The molecule has 0 aliphatic carbocycles. The van der Waals surface area contributed by atoms with Crippen molar-refractivity contribution in [2.45, 2.75) is 52.4 Å². The van der Waals surface area contributed by atoms with Crippen LogP contribution in [0.25, 0.3) is 33.2 Å². The average molecular weight is 412 g/mol. The second kappa shape index (κ2) is 6.58. The summed E-state index contributed by atoms with van der Waals surface area (Å²) in [5.41, 5.74) is 7.13. The van der Waals surface area contributed by atoms with E-state index in [4.69, 9.17) is 0 Å². The molecule has 5 rings (SSSR count). The molecule has 5 aromatic rings. The maximum Gasteiger partial charge on any atom is 0.0992 e. The summed E-state index contributed by atoms with van der Waals surface area (Å²) >= 11 is 0. The number of fused-ring (bicyclic) bond motifs is 3. The summed E-state index contributed by atoms with van der Waals surface area (Å²) in [6.45, 7) is 13.6. The first-order chi connectivity index (χ1) is 14.6. The molecular weight excluding hydrogens is 382 g/mol. The van der Waals surface area contributed by atoms with Crippen LogP contribution in [0.3, 0.4) is 0 Å². The molecule has 0 spiro atoms. The molecule has 0 radical (unpaired) electrons. The fraction of sp³-hybridized carbons (Fsp3) is 0.308. The number of nitrogens with zero attached hydrogens (tertiary/aromatic N) is 4. The standard InChI is InChI=1S/C26H29N5/c1-25(2,3)17-11-19-20-12-18(26(4,5)6)14-22(31-10-8-28-16-31)24(20)29-23(19)21(13-17)30-9-7-27-15-30/h7-16,29H,1-6H3. The lowest BCUT2D eigenvalue weighted by Crippen LogP contribution is -2.12. The molecule has 5 nitrogen and oxygen atoms in total. The summed E-state index contributed by atoms with van der Waals surface area (Å²) in [6, 6.07) is 9.25. The lowest BCUT2D eigenvalue weighted by atomic mass is 9.84. The van der Waals surface area contributed by atoms with Crippen LogP contribution in [0, 0.1) is 0 Å². The van der Waals surface area contributed by atoms with Gasteiger partial charge in [0.15, 0.2) is 0 Å². The number of hydrogen-bond acceptors (Lipinski definition) is 2. The number of H-pyrrole nitrogens is 1. The number of benzene rings is 2. The van der Waals surface area contributed by atoms with Gasteiger partial charge in [-0.2, -0.15) is 0 Å². The van der Waals surface area contributed by atoms with E-state index in [1.165, 1.54) is 21.9 Å². The van der Waals surface area contributed by atoms with Gasteiger partial charge < -0.3 is 14.1 Å². The lowest BCUT2D eigenvalue weighted by molar-refractivity contribution is 0.590. The maximum atomic E-state index is 4.29. The number of aromatic amines is 1. The number of hydrogen-bond donors (Lipinski definition) is 1. The van der Waals surface area contributed by atoms with Crippen molar-refractivity contribution in [1.82, 2.24) is 24.1 Å². The fourth-order valence-electron chi connectivity index (χ4n) is 4.14. The van der Waals surface area contributed by atoms with Gasteiger partial charge in [0.2, 0.25) is 0 Å². The summed E-state index contributed by atoms with van der Waals surface area (Å²) in [4.78, 5) is 12.3. The molecule has 0 amide bonds. The van der Waals surface area contributed by atoms with Gasteiger partial charge in [0.25, 0.3) is 0 Å². The van der Waals surface area contributed by atoms with Gasteiger partial charge in [-0.05, 0) is 46.2 Å². The molecule has 3 aromatic heterocycles. The van der Waals surface area contributed by atoms with Gasteiger partial charge in [-0.15, -0.1) is 0 Å². The molecule has 0 saturated carbocycles. The van der Waals surface area contributed by atoms with Crippen molar-refractivity contribution in [3.05, 3.63) is 72.8 Å². The third kappa shape index (κ3) is 3.25. The highest BCUT2D eigenvalue weighted by Crippen LogP contribution is 2.39. The molecule has 158 valence electrons. The Labute approximate surface area is 182 Å². The van der Waals surface area contributed by atoms with Gasteiger partial charge in [-0.1, -0.05) is 41.5 Å². The smallest absolute Gasteiger partial charge is 0.0992 e. The third-order valence-corrected chi connectivity index (χ3v) is 6.07.